The topological polar surface area (TPSA) is 43.6 Å². The van der Waals surface area contributed by atoms with Gasteiger partial charge in [-0.1, -0.05) is 78.1 Å². The van der Waals surface area contributed by atoms with E-state index in [1.807, 2.05) is 25.1 Å². The van der Waals surface area contributed by atoms with Crippen molar-refractivity contribution in [3.05, 3.63) is 12.7 Å². The third-order valence-electron chi connectivity index (χ3n) is 5.01. The second kappa shape index (κ2) is 12.3. The molecule has 146 valence electrons. The first kappa shape index (κ1) is 21.2. The second-order valence-corrected chi connectivity index (χ2v) is 8.64. The lowest BCUT2D eigenvalue weighted by molar-refractivity contribution is 0.551. The summed E-state index contributed by atoms with van der Waals surface area (Å²) in [6.07, 6.45) is 19.6. The number of thioether (sulfide) groups is 1. The fraction of sp³-hybridized carbons (Fsp3) is 0.762. The molecule has 0 aliphatic heterocycles. The Labute approximate surface area is 163 Å². The number of unbranched alkanes of at least 4 members (excludes halogenated alkanes) is 8. The zero-order valence-electron chi connectivity index (χ0n) is 16.9. The van der Waals surface area contributed by atoms with Crippen LogP contribution in [0.3, 0.4) is 0 Å². The number of aromatic nitrogens is 4. The molecule has 0 fully saturated rings. The Morgan fingerprint density at radius 1 is 0.846 bits per heavy atom. The average Bonchev–Trinajstić information content (AvgIpc) is 3.03. The van der Waals surface area contributed by atoms with Gasteiger partial charge in [-0.25, -0.2) is 15.0 Å². The number of hydrogen-bond donors (Lipinski definition) is 0. The van der Waals surface area contributed by atoms with Crippen LogP contribution in [0.4, 0.5) is 0 Å². The summed E-state index contributed by atoms with van der Waals surface area (Å²) in [5.41, 5.74) is 1.90. The fourth-order valence-corrected chi connectivity index (χ4v) is 4.75. The zero-order chi connectivity index (χ0) is 18.6. The third kappa shape index (κ3) is 6.90. The van der Waals surface area contributed by atoms with Crippen LogP contribution in [0.2, 0.25) is 0 Å². The van der Waals surface area contributed by atoms with Gasteiger partial charge in [0.25, 0.3) is 0 Å². The first-order valence-electron chi connectivity index (χ1n) is 10.5. The number of nitrogens with zero attached hydrogens (tertiary/aromatic N) is 4. The Bertz CT molecular complexity index is 611. The molecule has 2 aromatic heterocycles. The van der Waals surface area contributed by atoms with Crippen LogP contribution >= 0.6 is 11.8 Å². The summed E-state index contributed by atoms with van der Waals surface area (Å²) in [7, 11) is 2.03. The van der Waals surface area contributed by atoms with Gasteiger partial charge in [0.2, 0.25) is 0 Å². The minimum Gasteiger partial charge on any atom is -0.330 e. The van der Waals surface area contributed by atoms with Gasteiger partial charge in [-0.2, -0.15) is 0 Å². The van der Waals surface area contributed by atoms with Crippen LogP contribution in [0.5, 0.6) is 0 Å². The van der Waals surface area contributed by atoms with Crippen molar-refractivity contribution in [2.75, 3.05) is 0 Å². The summed E-state index contributed by atoms with van der Waals surface area (Å²) in [6, 6.07) is 0. The van der Waals surface area contributed by atoms with Gasteiger partial charge >= 0.3 is 0 Å². The van der Waals surface area contributed by atoms with Crippen LogP contribution in [0.25, 0.3) is 11.2 Å². The van der Waals surface area contributed by atoms with E-state index in [1.165, 1.54) is 77.0 Å². The molecule has 0 aliphatic carbocycles. The standard InChI is InChI=1S/C21H36N4S/c1-4-6-8-10-12-14-18(15-13-11-9-7-5-2)26-21-19-20(22-16-23-21)24-17-25(19)3/h16-18H,4-15H2,1-3H3. The van der Waals surface area contributed by atoms with Crippen LogP contribution in [0.1, 0.15) is 90.9 Å². The minimum atomic E-state index is 0.659. The average molecular weight is 377 g/mol. The van der Waals surface area contributed by atoms with Gasteiger partial charge in [-0.3, -0.25) is 0 Å². The highest BCUT2D eigenvalue weighted by molar-refractivity contribution is 8.00. The van der Waals surface area contributed by atoms with Crippen LogP contribution < -0.4 is 0 Å². The highest BCUT2D eigenvalue weighted by Gasteiger charge is 2.16. The smallest absolute Gasteiger partial charge is 0.181 e. The molecule has 0 aliphatic rings. The van der Waals surface area contributed by atoms with E-state index in [4.69, 9.17) is 0 Å². The molecule has 0 aromatic carbocycles. The lowest BCUT2D eigenvalue weighted by Gasteiger charge is -2.16. The number of rotatable bonds is 14. The van der Waals surface area contributed by atoms with Gasteiger partial charge in [-0.15, -0.1) is 11.8 Å². The molecule has 0 N–H and O–H groups in total. The zero-order valence-corrected chi connectivity index (χ0v) is 17.7. The maximum atomic E-state index is 4.59. The Morgan fingerprint density at radius 3 is 2.08 bits per heavy atom. The lowest BCUT2D eigenvalue weighted by atomic mass is 10.0. The maximum absolute atomic E-state index is 4.59. The van der Waals surface area contributed by atoms with E-state index in [9.17, 15) is 0 Å². The Kier molecular flexibility index (Phi) is 10.0. The van der Waals surface area contributed by atoms with Crippen molar-refractivity contribution in [3.63, 3.8) is 0 Å². The van der Waals surface area contributed by atoms with E-state index in [0.717, 1.165) is 16.2 Å². The van der Waals surface area contributed by atoms with Gasteiger partial charge in [0, 0.05) is 12.3 Å². The SMILES string of the molecule is CCCCCCCC(CCCCCCC)Sc1ncnc2ncn(C)c12. The van der Waals surface area contributed by atoms with Crippen molar-refractivity contribution in [3.8, 4) is 0 Å². The number of imidazole rings is 1. The number of aryl methyl sites for hydroxylation is 1. The molecule has 26 heavy (non-hydrogen) atoms. The molecule has 2 heterocycles. The van der Waals surface area contributed by atoms with Crippen molar-refractivity contribution in [2.45, 2.75) is 101 Å². The molecule has 5 heteroatoms. The normalized spacial score (nSPS) is 11.7. The summed E-state index contributed by atoms with van der Waals surface area (Å²) in [5, 5.41) is 1.76. The molecular weight excluding hydrogens is 340 g/mol. The molecule has 0 atom stereocenters. The first-order chi connectivity index (χ1) is 12.8. The monoisotopic (exact) mass is 376 g/mol. The van der Waals surface area contributed by atoms with E-state index in [0.29, 0.717) is 5.25 Å². The fourth-order valence-electron chi connectivity index (χ4n) is 3.41. The largest absolute Gasteiger partial charge is 0.330 e. The maximum Gasteiger partial charge on any atom is 0.181 e. The summed E-state index contributed by atoms with van der Waals surface area (Å²) in [4.78, 5) is 13.3. The number of hydrogen-bond acceptors (Lipinski definition) is 4. The van der Waals surface area contributed by atoms with Gasteiger partial charge in [-0.05, 0) is 12.8 Å². The van der Waals surface area contributed by atoms with E-state index >= 15 is 0 Å². The molecule has 0 amide bonds. The molecule has 0 spiro atoms. The molecule has 0 bridgehead atoms. The van der Waals surface area contributed by atoms with Crippen molar-refractivity contribution in [1.29, 1.82) is 0 Å². The summed E-state index contributed by atoms with van der Waals surface area (Å²) < 4.78 is 2.05. The van der Waals surface area contributed by atoms with Gasteiger partial charge in [0.1, 0.15) is 16.9 Å². The highest BCUT2D eigenvalue weighted by atomic mass is 32.2. The summed E-state index contributed by atoms with van der Waals surface area (Å²) >= 11 is 1.95. The van der Waals surface area contributed by atoms with E-state index < -0.39 is 0 Å². The Hall–Kier alpha value is -1.10. The van der Waals surface area contributed by atoms with Crippen LogP contribution in [-0.2, 0) is 7.05 Å². The Morgan fingerprint density at radius 2 is 1.46 bits per heavy atom. The molecule has 0 radical (unpaired) electrons. The third-order valence-corrected chi connectivity index (χ3v) is 6.34. The first-order valence-corrected chi connectivity index (χ1v) is 11.4. The molecule has 0 saturated carbocycles. The van der Waals surface area contributed by atoms with Gasteiger partial charge < -0.3 is 4.57 Å². The van der Waals surface area contributed by atoms with Crippen molar-refractivity contribution in [1.82, 2.24) is 19.5 Å². The minimum absolute atomic E-state index is 0.659. The predicted molar refractivity (Wildman–Crippen MR) is 113 cm³/mol. The van der Waals surface area contributed by atoms with Crippen LogP contribution in [0, 0.1) is 0 Å². The molecule has 2 aromatic rings. The predicted octanol–water partition coefficient (Wildman–Crippen LogP) is 6.55. The molecule has 0 unspecified atom stereocenters. The summed E-state index contributed by atoms with van der Waals surface area (Å²) in [5.74, 6) is 0. The van der Waals surface area contributed by atoms with Crippen molar-refractivity contribution >= 4 is 22.9 Å². The van der Waals surface area contributed by atoms with Crippen LogP contribution in [0.15, 0.2) is 17.7 Å². The Balaban J connectivity index is 1.93. The molecular formula is C21H36N4S. The van der Waals surface area contributed by atoms with Gasteiger partial charge in [0.15, 0.2) is 5.65 Å². The van der Waals surface area contributed by atoms with Gasteiger partial charge in [0.05, 0.1) is 6.33 Å². The summed E-state index contributed by atoms with van der Waals surface area (Å²) in [6.45, 7) is 4.56. The second-order valence-electron chi connectivity index (χ2n) is 7.35. The van der Waals surface area contributed by atoms with Crippen LogP contribution in [-0.4, -0.2) is 24.8 Å². The molecule has 4 nitrogen and oxygen atoms in total. The molecule has 0 saturated heterocycles. The van der Waals surface area contributed by atoms with E-state index in [-0.39, 0.29) is 0 Å². The lowest BCUT2D eigenvalue weighted by Crippen LogP contribution is -2.05. The van der Waals surface area contributed by atoms with Crippen molar-refractivity contribution in [2.24, 2.45) is 7.05 Å². The van der Waals surface area contributed by atoms with E-state index in [2.05, 4.69) is 33.4 Å². The van der Waals surface area contributed by atoms with Crippen molar-refractivity contribution < 1.29 is 0 Å². The quantitative estimate of drug-likeness (QED) is 0.213. The molecule has 2 rings (SSSR count). The van der Waals surface area contributed by atoms with E-state index in [1.54, 1.807) is 6.33 Å². The number of fused-ring (bicyclic) bond motifs is 1. The highest BCUT2D eigenvalue weighted by Crippen LogP contribution is 2.33.